The fraction of sp³-hybridized carbons (Fsp3) is 0.118. The summed E-state index contributed by atoms with van der Waals surface area (Å²) in [7, 11) is 3.11. The van der Waals surface area contributed by atoms with Crippen LogP contribution in [0.1, 0.15) is 15.9 Å². The molecule has 2 aromatic carbocycles. The van der Waals surface area contributed by atoms with Gasteiger partial charge in [0.1, 0.15) is 11.5 Å². The Kier molecular flexibility index (Phi) is 5.01. The highest BCUT2D eigenvalue weighted by Crippen LogP contribution is 2.24. The molecule has 108 valence electrons. The maximum atomic E-state index is 12.3. The quantitative estimate of drug-likeness (QED) is 0.612. The van der Waals surface area contributed by atoms with Crippen molar-refractivity contribution in [2.24, 2.45) is 0 Å². The normalized spacial score (nSPS) is 10.6. The van der Waals surface area contributed by atoms with E-state index in [1.165, 1.54) is 13.2 Å². The van der Waals surface area contributed by atoms with Gasteiger partial charge >= 0.3 is 0 Å². The molecule has 0 unspecified atom stereocenters. The van der Waals surface area contributed by atoms with Crippen LogP contribution in [0.2, 0.25) is 5.02 Å². The molecule has 0 aliphatic carbocycles. The zero-order valence-electron chi connectivity index (χ0n) is 11.8. The molecular weight excluding hydrogens is 288 g/mol. The average molecular weight is 303 g/mol. The van der Waals surface area contributed by atoms with Gasteiger partial charge < -0.3 is 9.47 Å². The minimum absolute atomic E-state index is 0.180. The van der Waals surface area contributed by atoms with Crippen LogP contribution in [0.25, 0.3) is 6.08 Å². The molecule has 0 aromatic heterocycles. The van der Waals surface area contributed by atoms with Crippen molar-refractivity contribution in [3.8, 4) is 11.5 Å². The molecule has 0 fully saturated rings. The molecule has 4 heteroatoms. The van der Waals surface area contributed by atoms with Gasteiger partial charge in [0, 0.05) is 10.6 Å². The summed E-state index contributed by atoms with van der Waals surface area (Å²) < 4.78 is 10.4. The Labute approximate surface area is 128 Å². The van der Waals surface area contributed by atoms with E-state index < -0.39 is 0 Å². The van der Waals surface area contributed by atoms with Crippen LogP contribution in [-0.4, -0.2) is 20.0 Å². The van der Waals surface area contributed by atoms with Crippen LogP contribution in [0, 0.1) is 0 Å². The number of rotatable bonds is 5. The number of hydrogen-bond acceptors (Lipinski definition) is 3. The highest BCUT2D eigenvalue weighted by molar-refractivity contribution is 6.31. The van der Waals surface area contributed by atoms with Gasteiger partial charge in [0.2, 0.25) is 0 Å². The highest BCUT2D eigenvalue weighted by Gasteiger charge is 2.10. The van der Waals surface area contributed by atoms with Gasteiger partial charge in [0.05, 0.1) is 19.8 Å². The Balaban J connectivity index is 2.29. The molecule has 0 saturated heterocycles. The standard InChI is InChI=1S/C17H15ClO3/c1-20-16-6-4-3-5-12(16)7-9-15(19)14-11-13(18)8-10-17(14)21-2/h3-11H,1-2H3/b9-7+. The smallest absolute Gasteiger partial charge is 0.189 e. The van der Waals surface area contributed by atoms with Gasteiger partial charge in [-0.1, -0.05) is 29.8 Å². The third kappa shape index (κ3) is 3.64. The minimum Gasteiger partial charge on any atom is -0.496 e. The van der Waals surface area contributed by atoms with Crippen molar-refractivity contribution in [1.29, 1.82) is 0 Å². The maximum Gasteiger partial charge on any atom is 0.189 e. The van der Waals surface area contributed by atoms with Gasteiger partial charge in [-0.2, -0.15) is 0 Å². The van der Waals surface area contributed by atoms with Crippen LogP contribution in [0.15, 0.2) is 48.5 Å². The summed E-state index contributed by atoms with van der Waals surface area (Å²) >= 11 is 5.93. The molecule has 2 rings (SSSR count). The van der Waals surface area contributed by atoms with Gasteiger partial charge in [-0.25, -0.2) is 0 Å². The zero-order chi connectivity index (χ0) is 15.2. The van der Waals surface area contributed by atoms with E-state index in [9.17, 15) is 4.79 Å². The van der Waals surface area contributed by atoms with Crippen LogP contribution < -0.4 is 9.47 Å². The first-order valence-electron chi connectivity index (χ1n) is 6.34. The highest BCUT2D eigenvalue weighted by atomic mass is 35.5. The van der Waals surface area contributed by atoms with Crippen molar-refractivity contribution in [3.63, 3.8) is 0 Å². The van der Waals surface area contributed by atoms with E-state index in [1.54, 1.807) is 31.4 Å². The lowest BCUT2D eigenvalue weighted by atomic mass is 10.1. The first-order chi connectivity index (χ1) is 10.2. The van der Waals surface area contributed by atoms with Gasteiger partial charge in [-0.3, -0.25) is 4.79 Å². The van der Waals surface area contributed by atoms with Crippen LogP contribution in [-0.2, 0) is 0 Å². The summed E-state index contributed by atoms with van der Waals surface area (Å²) in [5, 5.41) is 0.491. The number of ether oxygens (including phenoxy) is 2. The molecular formula is C17H15ClO3. The molecule has 0 heterocycles. The Morgan fingerprint density at radius 3 is 2.48 bits per heavy atom. The van der Waals surface area contributed by atoms with Crippen molar-refractivity contribution >= 4 is 23.5 Å². The number of carbonyl (C=O) groups is 1. The van der Waals surface area contributed by atoms with Crippen LogP contribution >= 0.6 is 11.6 Å². The number of ketones is 1. The van der Waals surface area contributed by atoms with E-state index in [1.807, 2.05) is 24.3 Å². The van der Waals surface area contributed by atoms with E-state index in [0.29, 0.717) is 22.1 Å². The lowest BCUT2D eigenvalue weighted by Crippen LogP contribution is -1.99. The van der Waals surface area contributed by atoms with E-state index in [4.69, 9.17) is 21.1 Å². The third-order valence-electron chi connectivity index (χ3n) is 2.98. The minimum atomic E-state index is -0.180. The van der Waals surface area contributed by atoms with Crippen molar-refractivity contribution in [2.45, 2.75) is 0 Å². The molecule has 0 atom stereocenters. The van der Waals surface area contributed by atoms with Gasteiger partial charge in [0.25, 0.3) is 0 Å². The summed E-state index contributed by atoms with van der Waals surface area (Å²) in [4.78, 5) is 12.3. The lowest BCUT2D eigenvalue weighted by molar-refractivity contribution is 0.104. The second-order valence-electron chi connectivity index (χ2n) is 4.28. The van der Waals surface area contributed by atoms with Gasteiger partial charge in [-0.15, -0.1) is 0 Å². The summed E-state index contributed by atoms with van der Waals surface area (Å²) in [6.07, 6.45) is 3.19. The maximum absolute atomic E-state index is 12.3. The third-order valence-corrected chi connectivity index (χ3v) is 3.22. The molecule has 0 N–H and O–H groups in total. The molecule has 0 aliphatic rings. The fourth-order valence-corrected chi connectivity index (χ4v) is 2.10. The largest absolute Gasteiger partial charge is 0.496 e. The molecule has 0 radical (unpaired) electrons. The van der Waals surface area contributed by atoms with E-state index >= 15 is 0 Å². The molecule has 2 aromatic rings. The average Bonchev–Trinajstić information content (AvgIpc) is 2.52. The molecule has 0 spiro atoms. The zero-order valence-corrected chi connectivity index (χ0v) is 12.6. The number of methoxy groups -OCH3 is 2. The van der Waals surface area contributed by atoms with Crippen molar-refractivity contribution in [1.82, 2.24) is 0 Å². The van der Waals surface area contributed by atoms with Crippen LogP contribution in [0.4, 0.5) is 0 Å². The van der Waals surface area contributed by atoms with Crippen molar-refractivity contribution in [2.75, 3.05) is 14.2 Å². The second-order valence-corrected chi connectivity index (χ2v) is 4.72. The van der Waals surface area contributed by atoms with Crippen molar-refractivity contribution in [3.05, 3.63) is 64.7 Å². The van der Waals surface area contributed by atoms with E-state index in [2.05, 4.69) is 0 Å². The van der Waals surface area contributed by atoms with E-state index in [0.717, 1.165) is 5.56 Å². The van der Waals surface area contributed by atoms with Crippen LogP contribution in [0.5, 0.6) is 11.5 Å². The first kappa shape index (κ1) is 15.1. The van der Waals surface area contributed by atoms with E-state index in [-0.39, 0.29) is 5.78 Å². The fourth-order valence-electron chi connectivity index (χ4n) is 1.93. The Morgan fingerprint density at radius 1 is 1.05 bits per heavy atom. The summed E-state index contributed by atoms with van der Waals surface area (Å²) in [6, 6.07) is 12.4. The molecule has 0 saturated carbocycles. The molecule has 21 heavy (non-hydrogen) atoms. The number of para-hydroxylation sites is 1. The van der Waals surface area contributed by atoms with Gasteiger partial charge in [-0.05, 0) is 36.4 Å². The Bertz CT molecular complexity index is 677. The monoisotopic (exact) mass is 302 g/mol. The Morgan fingerprint density at radius 2 is 1.76 bits per heavy atom. The SMILES string of the molecule is COc1ccccc1/C=C/C(=O)c1cc(Cl)ccc1OC. The summed E-state index contributed by atoms with van der Waals surface area (Å²) in [5.41, 5.74) is 1.26. The first-order valence-corrected chi connectivity index (χ1v) is 6.72. The predicted octanol–water partition coefficient (Wildman–Crippen LogP) is 4.25. The lowest BCUT2D eigenvalue weighted by Gasteiger charge is -2.06. The topological polar surface area (TPSA) is 35.5 Å². The molecule has 0 amide bonds. The summed E-state index contributed by atoms with van der Waals surface area (Å²) in [6.45, 7) is 0. The Hall–Kier alpha value is -2.26. The molecule has 0 bridgehead atoms. The van der Waals surface area contributed by atoms with Crippen LogP contribution in [0.3, 0.4) is 0 Å². The molecule has 0 aliphatic heterocycles. The number of allylic oxidation sites excluding steroid dienone is 1. The second kappa shape index (κ2) is 6.95. The van der Waals surface area contributed by atoms with Gasteiger partial charge in [0.15, 0.2) is 5.78 Å². The number of carbonyl (C=O) groups excluding carboxylic acids is 1. The molecule has 3 nitrogen and oxygen atoms in total. The number of halogens is 1. The predicted molar refractivity (Wildman–Crippen MR) is 84.4 cm³/mol. The van der Waals surface area contributed by atoms with Crippen molar-refractivity contribution < 1.29 is 14.3 Å². The summed E-state index contributed by atoms with van der Waals surface area (Å²) in [5.74, 6) is 1.02. The number of benzene rings is 2. The number of hydrogen-bond donors (Lipinski definition) is 0.